The van der Waals surface area contributed by atoms with Gasteiger partial charge < -0.3 is 4.90 Å². The number of hydrogen-bond donors (Lipinski definition) is 0. The second kappa shape index (κ2) is 6.80. The van der Waals surface area contributed by atoms with Crippen molar-refractivity contribution in [1.82, 2.24) is 24.6 Å². The first-order valence-electron chi connectivity index (χ1n) is 7.55. The third kappa shape index (κ3) is 3.97. The standard InChI is InChI=1S/C15H20ClFN6/c1-21(15-18-5-12(16)6-19-15)10-14-3-13(17)9-23(14)8-11-4-20-22(2)7-11/h4-7,13-14H,3,8-10H2,1-2H3/t13-,14-/m0/s1. The van der Waals surface area contributed by atoms with Crippen molar-refractivity contribution in [2.24, 2.45) is 7.05 Å². The molecule has 2 aromatic rings. The van der Waals surface area contributed by atoms with Crippen LogP contribution in [0.2, 0.25) is 5.02 Å². The fraction of sp³-hybridized carbons (Fsp3) is 0.533. The topological polar surface area (TPSA) is 50.1 Å². The second-order valence-corrected chi connectivity index (χ2v) is 6.46. The maximum atomic E-state index is 13.9. The summed E-state index contributed by atoms with van der Waals surface area (Å²) >= 11 is 5.81. The largest absolute Gasteiger partial charge is 0.342 e. The fourth-order valence-corrected chi connectivity index (χ4v) is 3.09. The molecule has 0 bridgehead atoms. The zero-order valence-corrected chi connectivity index (χ0v) is 14.0. The molecule has 2 atom stereocenters. The maximum Gasteiger partial charge on any atom is 0.225 e. The molecule has 3 rings (SSSR count). The SMILES string of the molecule is CN(C[C@@H]1C[C@H](F)CN1Cc1cnn(C)c1)c1ncc(Cl)cn1. The number of aromatic nitrogens is 4. The van der Waals surface area contributed by atoms with Crippen molar-refractivity contribution in [3.05, 3.63) is 35.4 Å². The van der Waals surface area contributed by atoms with Crippen molar-refractivity contribution in [2.45, 2.75) is 25.2 Å². The van der Waals surface area contributed by atoms with E-state index in [4.69, 9.17) is 11.6 Å². The summed E-state index contributed by atoms with van der Waals surface area (Å²) in [5.74, 6) is 0.595. The van der Waals surface area contributed by atoms with Gasteiger partial charge in [-0.05, 0) is 6.42 Å². The number of aryl methyl sites for hydroxylation is 1. The summed E-state index contributed by atoms with van der Waals surface area (Å²) < 4.78 is 15.7. The van der Waals surface area contributed by atoms with Gasteiger partial charge in [-0.2, -0.15) is 5.10 Å². The third-order valence-corrected chi connectivity index (χ3v) is 4.25. The molecule has 0 unspecified atom stereocenters. The number of rotatable bonds is 5. The predicted molar refractivity (Wildman–Crippen MR) is 87.2 cm³/mol. The Morgan fingerprint density at radius 3 is 2.74 bits per heavy atom. The minimum absolute atomic E-state index is 0.120. The van der Waals surface area contributed by atoms with Crippen LogP contribution in [0, 0.1) is 0 Å². The molecule has 1 fully saturated rings. The van der Waals surface area contributed by atoms with E-state index in [0.717, 1.165) is 5.56 Å². The molecule has 0 radical (unpaired) electrons. The van der Waals surface area contributed by atoms with Gasteiger partial charge in [0.1, 0.15) is 6.17 Å². The Hall–Kier alpha value is -1.73. The highest BCUT2D eigenvalue weighted by Crippen LogP contribution is 2.24. The lowest BCUT2D eigenvalue weighted by Crippen LogP contribution is -2.39. The molecule has 3 heterocycles. The number of hydrogen-bond acceptors (Lipinski definition) is 5. The van der Waals surface area contributed by atoms with Crippen LogP contribution in [-0.2, 0) is 13.6 Å². The lowest BCUT2D eigenvalue weighted by Gasteiger charge is -2.28. The minimum Gasteiger partial charge on any atom is -0.342 e. The van der Waals surface area contributed by atoms with Crippen molar-refractivity contribution in [3.8, 4) is 0 Å². The van der Waals surface area contributed by atoms with Gasteiger partial charge in [0.05, 0.1) is 23.6 Å². The van der Waals surface area contributed by atoms with Gasteiger partial charge in [0.25, 0.3) is 0 Å². The highest BCUT2D eigenvalue weighted by molar-refractivity contribution is 6.30. The number of likely N-dealkylation sites (tertiary alicyclic amines) is 1. The first kappa shape index (κ1) is 16.1. The van der Waals surface area contributed by atoms with Gasteiger partial charge in [0.15, 0.2) is 0 Å². The lowest BCUT2D eigenvalue weighted by molar-refractivity contribution is 0.237. The summed E-state index contributed by atoms with van der Waals surface area (Å²) in [7, 11) is 3.80. The quantitative estimate of drug-likeness (QED) is 0.833. The van der Waals surface area contributed by atoms with Crippen molar-refractivity contribution < 1.29 is 4.39 Å². The second-order valence-electron chi connectivity index (χ2n) is 6.02. The van der Waals surface area contributed by atoms with Gasteiger partial charge in [0, 0.05) is 51.5 Å². The molecule has 0 aromatic carbocycles. The first-order valence-corrected chi connectivity index (χ1v) is 7.93. The van der Waals surface area contributed by atoms with E-state index >= 15 is 0 Å². The first-order chi connectivity index (χ1) is 11.0. The van der Waals surface area contributed by atoms with Crippen LogP contribution < -0.4 is 4.90 Å². The smallest absolute Gasteiger partial charge is 0.225 e. The number of likely N-dealkylation sites (N-methyl/N-ethyl adjacent to an activating group) is 1. The number of nitrogens with zero attached hydrogens (tertiary/aromatic N) is 6. The molecule has 23 heavy (non-hydrogen) atoms. The molecule has 0 spiro atoms. The van der Waals surface area contributed by atoms with E-state index in [2.05, 4.69) is 20.0 Å². The van der Waals surface area contributed by atoms with Gasteiger partial charge in [-0.3, -0.25) is 9.58 Å². The molecular weight excluding hydrogens is 319 g/mol. The molecule has 124 valence electrons. The van der Waals surface area contributed by atoms with E-state index in [1.807, 2.05) is 31.4 Å². The third-order valence-electron chi connectivity index (χ3n) is 4.05. The van der Waals surface area contributed by atoms with Crippen LogP contribution in [0.4, 0.5) is 10.3 Å². The Balaban J connectivity index is 1.65. The summed E-state index contributed by atoms with van der Waals surface area (Å²) in [6.07, 6.45) is 6.67. The summed E-state index contributed by atoms with van der Waals surface area (Å²) in [6.45, 7) is 1.82. The predicted octanol–water partition coefficient (Wildman–Crippen LogP) is 1.91. The zero-order chi connectivity index (χ0) is 16.4. The van der Waals surface area contributed by atoms with Crippen LogP contribution in [0.1, 0.15) is 12.0 Å². The van der Waals surface area contributed by atoms with Crippen molar-refractivity contribution in [3.63, 3.8) is 0 Å². The fourth-order valence-electron chi connectivity index (χ4n) is 2.99. The van der Waals surface area contributed by atoms with Crippen LogP contribution in [0.3, 0.4) is 0 Å². The average Bonchev–Trinajstić information content (AvgIpc) is 3.06. The highest BCUT2D eigenvalue weighted by atomic mass is 35.5. The van der Waals surface area contributed by atoms with E-state index in [1.54, 1.807) is 17.1 Å². The molecule has 6 nitrogen and oxygen atoms in total. The molecular formula is C15H20ClFN6. The maximum absolute atomic E-state index is 13.9. The van der Waals surface area contributed by atoms with Crippen LogP contribution in [0.25, 0.3) is 0 Å². The zero-order valence-electron chi connectivity index (χ0n) is 13.2. The Kier molecular flexibility index (Phi) is 4.77. The van der Waals surface area contributed by atoms with Crippen molar-refractivity contribution >= 4 is 17.5 Å². The van der Waals surface area contributed by atoms with Crippen LogP contribution in [-0.4, -0.2) is 57.0 Å². The average molecular weight is 339 g/mol. The van der Waals surface area contributed by atoms with E-state index in [-0.39, 0.29) is 6.04 Å². The number of halogens is 2. The lowest BCUT2D eigenvalue weighted by atomic mass is 10.2. The Morgan fingerprint density at radius 2 is 2.09 bits per heavy atom. The number of anilines is 1. The molecule has 1 aliphatic rings. The van der Waals surface area contributed by atoms with Gasteiger partial charge in [0.2, 0.25) is 5.95 Å². The van der Waals surface area contributed by atoms with Crippen molar-refractivity contribution in [1.29, 1.82) is 0 Å². The minimum atomic E-state index is -0.795. The molecule has 2 aromatic heterocycles. The normalized spacial score (nSPS) is 21.7. The van der Waals surface area contributed by atoms with Crippen LogP contribution in [0.5, 0.6) is 0 Å². The monoisotopic (exact) mass is 338 g/mol. The molecule has 8 heteroatoms. The van der Waals surface area contributed by atoms with Gasteiger partial charge >= 0.3 is 0 Å². The van der Waals surface area contributed by atoms with Gasteiger partial charge in [-0.15, -0.1) is 0 Å². The molecule has 0 N–H and O–H groups in total. The van der Waals surface area contributed by atoms with E-state index in [1.165, 1.54) is 0 Å². The molecule has 1 saturated heterocycles. The van der Waals surface area contributed by atoms with Crippen LogP contribution >= 0.6 is 11.6 Å². The molecule has 0 amide bonds. The van der Waals surface area contributed by atoms with E-state index < -0.39 is 6.17 Å². The molecule has 0 saturated carbocycles. The Morgan fingerprint density at radius 1 is 1.35 bits per heavy atom. The highest BCUT2D eigenvalue weighted by Gasteiger charge is 2.33. The van der Waals surface area contributed by atoms with E-state index in [0.29, 0.717) is 37.0 Å². The van der Waals surface area contributed by atoms with Gasteiger partial charge in [-0.1, -0.05) is 11.6 Å². The van der Waals surface area contributed by atoms with Gasteiger partial charge in [-0.25, -0.2) is 14.4 Å². The molecule has 0 aliphatic carbocycles. The van der Waals surface area contributed by atoms with Crippen LogP contribution in [0.15, 0.2) is 24.8 Å². The Labute approximate surface area is 139 Å². The Bertz CT molecular complexity index is 646. The number of alkyl halides is 1. The van der Waals surface area contributed by atoms with E-state index in [9.17, 15) is 4.39 Å². The summed E-state index contributed by atoms with van der Waals surface area (Å²) in [5, 5.41) is 4.68. The van der Waals surface area contributed by atoms with Crippen molar-refractivity contribution in [2.75, 3.05) is 25.0 Å². The summed E-state index contributed by atoms with van der Waals surface area (Å²) in [4.78, 5) is 12.5. The summed E-state index contributed by atoms with van der Waals surface area (Å²) in [6, 6.07) is 0.120. The summed E-state index contributed by atoms with van der Waals surface area (Å²) in [5.41, 5.74) is 1.09. The molecule has 1 aliphatic heterocycles.